The molecule has 0 aliphatic rings. The quantitative estimate of drug-likeness (QED) is 0.713. The second kappa shape index (κ2) is 9.70. The molecule has 0 heterocycles. The topological polar surface area (TPSA) is 49.4 Å². The molecular formula is C22H27BrN2O2. The largest absolute Gasteiger partial charge is 0.352 e. The molecule has 0 fully saturated rings. The zero-order chi connectivity index (χ0) is 20.0. The number of hydrogen-bond acceptors (Lipinski definition) is 2. The number of rotatable bonds is 7. The number of hydrogen-bond donors (Lipinski definition) is 1. The number of benzene rings is 2. The zero-order valence-corrected chi connectivity index (χ0v) is 17.9. The van der Waals surface area contributed by atoms with Gasteiger partial charge in [0.05, 0.1) is 6.42 Å². The maximum absolute atomic E-state index is 13.1. The van der Waals surface area contributed by atoms with Crippen molar-refractivity contribution in [1.29, 1.82) is 0 Å². The Hall–Kier alpha value is -2.14. The summed E-state index contributed by atoms with van der Waals surface area (Å²) in [6.07, 6.45) is 0.275. The van der Waals surface area contributed by atoms with Crippen LogP contribution in [0.5, 0.6) is 0 Å². The first-order chi connectivity index (χ1) is 12.8. The van der Waals surface area contributed by atoms with Gasteiger partial charge in [0.1, 0.15) is 6.04 Å². The molecule has 0 bridgehead atoms. The Bertz CT molecular complexity index is 787. The van der Waals surface area contributed by atoms with Gasteiger partial charge < -0.3 is 10.2 Å². The summed E-state index contributed by atoms with van der Waals surface area (Å²) >= 11 is 3.43. The van der Waals surface area contributed by atoms with Gasteiger partial charge in [-0.15, -0.1) is 0 Å². The standard InChI is InChI=1S/C22H27BrN2O2/c1-15(2)24-22(27)17(4)25(14-18-8-10-20(23)11-9-18)21(26)13-19-7-5-6-16(3)12-19/h5-12,15,17H,13-14H2,1-4H3,(H,24,27). The molecule has 27 heavy (non-hydrogen) atoms. The fraction of sp³-hybridized carbons (Fsp3) is 0.364. The monoisotopic (exact) mass is 430 g/mol. The predicted molar refractivity (Wildman–Crippen MR) is 112 cm³/mol. The highest BCUT2D eigenvalue weighted by Gasteiger charge is 2.26. The normalized spacial score (nSPS) is 11.9. The molecule has 5 heteroatoms. The van der Waals surface area contributed by atoms with E-state index in [1.54, 1.807) is 11.8 Å². The van der Waals surface area contributed by atoms with Crippen LogP contribution in [-0.2, 0) is 22.6 Å². The number of nitrogens with zero attached hydrogens (tertiary/aromatic N) is 1. The molecule has 0 saturated heterocycles. The van der Waals surface area contributed by atoms with E-state index in [1.807, 2.05) is 69.3 Å². The number of nitrogens with one attached hydrogen (secondary N) is 1. The van der Waals surface area contributed by atoms with Gasteiger partial charge in [0, 0.05) is 17.1 Å². The van der Waals surface area contributed by atoms with Crippen molar-refractivity contribution >= 4 is 27.7 Å². The third-order valence-electron chi connectivity index (χ3n) is 4.30. The van der Waals surface area contributed by atoms with Gasteiger partial charge in [-0.25, -0.2) is 0 Å². The van der Waals surface area contributed by atoms with Crippen molar-refractivity contribution in [2.75, 3.05) is 0 Å². The minimum Gasteiger partial charge on any atom is -0.352 e. The summed E-state index contributed by atoms with van der Waals surface area (Å²) in [6, 6.07) is 15.2. The minimum atomic E-state index is -0.548. The molecule has 0 aliphatic heterocycles. The molecule has 2 amide bonds. The third kappa shape index (κ3) is 6.51. The number of carbonyl (C=O) groups excluding carboxylic acids is 2. The Morgan fingerprint density at radius 1 is 1.04 bits per heavy atom. The molecule has 2 aromatic carbocycles. The molecule has 1 unspecified atom stereocenters. The summed E-state index contributed by atoms with van der Waals surface area (Å²) < 4.78 is 0.981. The van der Waals surface area contributed by atoms with Crippen molar-refractivity contribution in [3.8, 4) is 0 Å². The van der Waals surface area contributed by atoms with Crippen LogP contribution in [0.2, 0.25) is 0 Å². The lowest BCUT2D eigenvalue weighted by molar-refractivity contribution is -0.140. The SMILES string of the molecule is Cc1cccc(CC(=O)N(Cc2ccc(Br)cc2)C(C)C(=O)NC(C)C)c1. The van der Waals surface area contributed by atoms with Gasteiger partial charge in [0.25, 0.3) is 0 Å². The van der Waals surface area contributed by atoms with E-state index in [9.17, 15) is 9.59 Å². The van der Waals surface area contributed by atoms with E-state index >= 15 is 0 Å². The lowest BCUT2D eigenvalue weighted by Crippen LogP contribution is -2.49. The van der Waals surface area contributed by atoms with Crippen molar-refractivity contribution in [1.82, 2.24) is 10.2 Å². The predicted octanol–water partition coefficient (Wildman–Crippen LogP) is 4.24. The summed E-state index contributed by atoms with van der Waals surface area (Å²) in [7, 11) is 0. The molecule has 2 aromatic rings. The van der Waals surface area contributed by atoms with Crippen LogP contribution < -0.4 is 5.32 Å². The lowest BCUT2D eigenvalue weighted by Gasteiger charge is -2.29. The van der Waals surface area contributed by atoms with E-state index in [0.717, 1.165) is 21.2 Å². The van der Waals surface area contributed by atoms with Crippen LogP contribution in [0, 0.1) is 6.92 Å². The summed E-state index contributed by atoms with van der Waals surface area (Å²) in [5.74, 6) is -0.199. The van der Waals surface area contributed by atoms with Gasteiger partial charge in [-0.3, -0.25) is 9.59 Å². The van der Waals surface area contributed by atoms with Gasteiger partial charge >= 0.3 is 0 Å². The zero-order valence-electron chi connectivity index (χ0n) is 16.3. The Morgan fingerprint density at radius 2 is 1.70 bits per heavy atom. The van der Waals surface area contributed by atoms with Crippen molar-refractivity contribution in [2.45, 2.75) is 52.7 Å². The van der Waals surface area contributed by atoms with Gasteiger partial charge in [-0.1, -0.05) is 57.9 Å². The maximum atomic E-state index is 13.1. The first kappa shape index (κ1) is 21.2. The average molecular weight is 431 g/mol. The van der Waals surface area contributed by atoms with Crippen LogP contribution in [-0.4, -0.2) is 28.8 Å². The highest BCUT2D eigenvalue weighted by molar-refractivity contribution is 9.10. The minimum absolute atomic E-state index is 0.0290. The fourth-order valence-corrected chi connectivity index (χ4v) is 3.14. The van der Waals surface area contributed by atoms with Crippen LogP contribution in [0.15, 0.2) is 53.0 Å². The van der Waals surface area contributed by atoms with Crippen LogP contribution in [0.25, 0.3) is 0 Å². The number of halogens is 1. The molecule has 0 saturated carbocycles. The second-order valence-corrected chi connectivity index (χ2v) is 8.07. The van der Waals surface area contributed by atoms with E-state index < -0.39 is 6.04 Å². The summed E-state index contributed by atoms with van der Waals surface area (Å²) in [4.78, 5) is 27.3. The molecule has 0 aliphatic carbocycles. The van der Waals surface area contributed by atoms with Crippen molar-refractivity contribution in [3.05, 3.63) is 69.7 Å². The van der Waals surface area contributed by atoms with Gasteiger partial charge in [-0.2, -0.15) is 0 Å². The maximum Gasteiger partial charge on any atom is 0.242 e. The highest BCUT2D eigenvalue weighted by Crippen LogP contribution is 2.16. The first-order valence-corrected chi connectivity index (χ1v) is 9.95. The molecule has 1 atom stereocenters. The second-order valence-electron chi connectivity index (χ2n) is 7.15. The van der Waals surface area contributed by atoms with E-state index in [4.69, 9.17) is 0 Å². The number of amides is 2. The molecule has 1 N–H and O–H groups in total. The van der Waals surface area contributed by atoms with Crippen LogP contribution in [0.4, 0.5) is 0 Å². The molecule has 0 spiro atoms. The Kier molecular flexibility index (Phi) is 7.60. The van der Waals surface area contributed by atoms with Gasteiger partial charge in [0.2, 0.25) is 11.8 Å². The van der Waals surface area contributed by atoms with E-state index in [1.165, 1.54) is 0 Å². The lowest BCUT2D eigenvalue weighted by atomic mass is 10.1. The summed E-state index contributed by atoms with van der Waals surface area (Å²) in [5, 5.41) is 2.91. The Balaban J connectivity index is 2.22. The smallest absolute Gasteiger partial charge is 0.242 e. The van der Waals surface area contributed by atoms with Crippen molar-refractivity contribution in [2.24, 2.45) is 0 Å². The molecule has 0 radical (unpaired) electrons. The molecule has 0 aromatic heterocycles. The van der Waals surface area contributed by atoms with E-state index in [0.29, 0.717) is 6.54 Å². The Labute approximate surface area is 170 Å². The van der Waals surface area contributed by atoms with E-state index in [2.05, 4.69) is 21.2 Å². The number of aryl methyl sites for hydroxylation is 1. The van der Waals surface area contributed by atoms with Gasteiger partial charge in [0.15, 0.2) is 0 Å². The van der Waals surface area contributed by atoms with Gasteiger partial charge in [-0.05, 0) is 51.0 Å². The van der Waals surface area contributed by atoms with Crippen LogP contribution in [0.1, 0.15) is 37.5 Å². The van der Waals surface area contributed by atoms with Crippen molar-refractivity contribution in [3.63, 3.8) is 0 Å². The highest BCUT2D eigenvalue weighted by atomic mass is 79.9. The summed E-state index contributed by atoms with van der Waals surface area (Å²) in [6.45, 7) is 8.01. The Morgan fingerprint density at radius 3 is 2.30 bits per heavy atom. The van der Waals surface area contributed by atoms with Crippen LogP contribution in [0.3, 0.4) is 0 Å². The van der Waals surface area contributed by atoms with Crippen molar-refractivity contribution < 1.29 is 9.59 Å². The number of carbonyl (C=O) groups is 2. The van der Waals surface area contributed by atoms with Crippen LogP contribution >= 0.6 is 15.9 Å². The molecular weight excluding hydrogens is 404 g/mol. The molecule has 4 nitrogen and oxygen atoms in total. The average Bonchev–Trinajstić information content (AvgIpc) is 2.60. The first-order valence-electron chi connectivity index (χ1n) is 9.16. The molecule has 2 rings (SSSR count). The fourth-order valence-electron chi connectivity index (χ4n) is 2.87. The molecule has 144 valence electrons. The van der Waals surface area contributed by atoms with E-state index in [-0.39, 0.29) is 24.3 Å². The third-order valence-corrected chi connectivity index (χ3v) is 4.83. The summed E-state index contributed by atoms with van der Waals surface area (Å²) in [5.41, 5.74) is 3.06.